The van der Waals surface area contributed by atoms with Gasteiger partial charge in [-0.3, -0.25) is 14.4 Å². The summed E-state index contributed by atoms with van der Waals surface area (Å²) in [7, 11) is 0. The summed E-state index contributed by atoms with van der Waals surface area (Å²) in [6.07, 6.45) is 4.90. The Kier molecular flexibility index (Phi) is 6.59. The van der Waals surface area contributed by atoms with Crippen LogP contribution in [0.3, 0.4) is 0 Å². The molecule has 1 amide bonds. The highest BCUT2D eigenvalue weighted by atomic mass is 32.2. The number of allylic oxidation sites excluding steroid dienone is 1. The van der Waals surface area contributed by atoms with E-state index >= 15 is 0 Å². The monoisotopic (exact) mass is 490 g/mol. The third-order valence-corrected chi connectivity index (χ3v) is 7.43. The first-order chi connectivity index (χ1) is 17.0. The van der Waals surface area contributed by atoms with Crippen LogP contribution in [0.15, 0.2) is 69.4 Å². The van der Waals surface area contributed by atoms with Crippen LogP contribution in [0.25, 0.3) is 6.08 Å². The summed E-state index contributed by atoms with van der Waals surface area (Å²) in [5, 5.41) is 10.5. The van der Waals surface area contributed by atoms with Crippen LogP contribution in [0.2, 0.25) is 0 Å². The summed E-state index contributed by atoms with van der Waals surface area (Å²) in [5.41, 5.74) is 1.78. The Morgan fingerprint density at radius 3 is 2.74 bits per heavy atom. The van der Waals surface area contributed by atoms with Gasteiger partial charge in [0.1, 0.15) is 0 Å². The number of rotatable bonds is 6. The van der Waals surface area contributed by atoms with Gasteiger partial charge in [-0.2, -0.15) is 4.98 Å². The number of likely N-dealkylation sites (tertiary alicyclic amines) is 1. The highest BCUT2D eigenvalue weighted by molar-refractivity contribution is 7.99. The highest BCUT2D eigenvalue weighted by Gasteiger charge is 2.36. The van der Waals surface area contributed by atoms with Gasteiger partial charge in [-0.05, 0) is 24.0 Å². The van der Waals surface area contributed by atoms with E-state index in [-0.39, 0.29) is 52.1 Å². The van der Waals surface area contributed by atoms with E-state index in [9.17, 15) is 19.5 Å². The number of piperidine rings is 1. The van der Waals surface area contributed by atoms with Crippen LogP contribution >= 0.6 is 11.8 Å². The molecule has 2 unspecified atom stereocenters. The van der Waals surface area contributed by atoms with Crippen molar-refractivity contribution < 1.29 is 9.90 Å². The number of hydrogen-bond donors (Lipinski definition) is 2. The number of nitrogens with zero attached hydrogens (tertiary/aromatic N) is 3. The number of carbonyl (C=O) groups is 1. The van der Waals surface area contributed by atoms with E-state index in [0.717, 1.165) is 29.4 Å². The predicted molar refractivity (Wildman–Crippen MR) is 135 cm³/mol. The third-order valence-electron chi connectivity index (χ3n) is 6.57. The smallest absolute Gasteiger partial charge is 0.258 e. The topological polar surface area (TPSA) is 108 Å². The summed E-state index contributed by atoms with van der Waals surface area (Å²) in [6.45, 7) is 1.81. The average molecular weight is 491 g/mol. The van der Waals surface area contributed by atoms with Crippen LogP contribution in [0.4, 0.5) is 0 Å². The molecule has 1 fully saturated rings. The standard InChI is InChI=1S/C26H26N4O4S/c31-22-11-5-10-21-19-12-18(14-30(21)22)13-29(15-19)23(32)16-35-26-27-24(33)20(25(34)28-26)9-4-8-17-6-2-1-3-7-17/h1-8,10-11,18-19H,9,12-16H2,(H2,27,28,33,34). The molecule has 9 heteroatoms. The predicted octanol–water partition coefficient (Wildman–Crippen LogP) is 2.63. The zero-order chi connectivity index (χ0) is 24.4. The molecule has 0 saturated carbocycles. The van der Waals surface area contributed by atoms with Gasteiger partial charge < -0.3 is 19.6 Å². The van der Waals surface area contributed by atoms with E-state index in [0.29, 0.717) is 19.6 Å². The zero-order valence-corrected chi connectivity index (χ0v) is 19.9. The molecule has 0 aliphatic carbocycles. The maximum Gasteiger partial charge on any atom is 0.258 e. The molecule has 2 N–H and O–H groups in total. The second-order valence-corrected chi connectivity index (χ2v) is 9.94. The molecule has 35 heavy (non-hydrogen) atoms. The van der Waals surface area contributed by atoms with Gasteiger partial charge in [0.25, 0.3) is 11.1 Å². The first-order valence-corrected chi connectivity index (χ1v) is 12.6. The average Bonchev–Trinajstić information content (AvgIpc) is 2.85. The molecule has 2 bridgehead atoms. The SMILES string of the molecule is O=C(CSc1nc(O)c(CC=Cc2ccccc2)c(=O)[nH]1)N1CC2CC(C1)c1cccc(=O)n1C2. The molecule has 2 atom stereocenters. The maximum atomic E-state index is 12.9. The number of aromatic amines is 1. The third kappa shape index (κ3) is 5.09. The number of pyridine rings is 1. The molecule has 0 spiro atoms. The number of fused-ring (bicyclic) bond motifs is 4. The van der Waals surface area contributed by atoms with Gasteiger partial charge in [-0.1, -0.05) is 60.3 Å². The molecule has 2 aliphatic heterocycles. The van der Waals surface area contributed by atoms with Crippen molar-refractivity contribution in [1.82, 2.24) is 19.4 Å². The summed E-state index contributed by atoms with van der Waals surface area (Å²) in [6, 6.07) is 15.0. The Hall–Kier alpha value is -3.59. The first-order valence-electron chi connectivity index (χ1n) is 11.6. The molecule has 2 aliphatic rings. The summed E-state index contributed by atoms with van der Waals surface area (Å²) < 4.78 is 1.84. The number of hydrogen-bond acceptors (Lipinski definition) is 6. The lowest BCUT2D eigenvalue weighted by atomic mass is 9.83. The van der Waals surface area contributed by atoms with Crippen molar-refractivity contribution in [3.05, 3.63) is 92.1 Å². The second kappa shape index (κ2) is 9.95. The number of carbonyl (C=O) groups excluding carboxylic acids is 1. The van der Waals surface area contributed by atoms with Crippen molar-refractivity contribution in [3.63, 3.8) is 0 Å². The minimum Gasteiger partial charge on any atom is -0.493 e. The lowest BCUT2D eigenvalue weighted by Gasteiger charge is -2.42. The van der Waals surface area contributed by atoms with Gasteiger partial charge in [0, 0.05) is 43.7 Å². The molecule has 1 saturated heterocycles. The molecular formula is C26H26N4O4S. The Labute approximate surface area is 206 Å². The van der Waals surface area contributed by atoms with E-state index in [2.05, 4.69) is 9.97 Å². The molecule has 4 heterocycles. The van der Waals surface area contributed by atoms with Crippen molar-refractivity contribution in [3.8, 4) is 5.88 Å². The van der Waals surface area contributed by atoms with Gasteiger partial charge in [0.05, 0.1) is 11.3 Å². The number of thioether (sulfide) groups is 1. The fourth-order valence-corrected chi connectivity index (χ4v) is 5.68. The number of aromatic hydroxyl groups is 1. The lowest BCUT2D eigenvalue weighted by Crippen LogP contribution is -2.49. The van der Waals surface area contributed by atoms with Gasteiger partial charge in [0.15, 0.2) is 5.16 Å². The number of H-pyrrole nitrogens is 1. The normalized spacial score (nSPS) is 19.0. The van der Waals surface area contributed by atoms with Gasteiger partial charge in [0.2, 0.25) is 11.8 Å². The molecule has 5 rings (SSSR count). The van der Waals surface area contributed by atoms with Crippen molar-refractivity contribution in [2.45, 2.75) is 30.5 Å². The number of benzene rings is 1. The van der Waals surface area contributed by atoms with Crippen LogP contribution in [0, 0.1) is 5.92 Å². The minimum absolute atomic E-state index is 0.0152. The molecular weight excluding hydrogens is 464 g/mol. The Balaban J connectivity index is 1.21. The fourth-order valence-electron chi connectivity index (χ4n) is 4.92. The number of nitrogens with one attached hydrogen (secondary N) is 1. The quantitative estimate of drug-likeness (QED) is 0.406. The molecule has 8 nitrogen and oxygen atoms in total. The van der Waals surface area contributed by atoms with Crippen LogP contribution in [0.1, 0.15) is 29.2 Å². The second-order valence-electron chi connectivity index (χ2n) is 8.98. The largest absolute Gasteiger partial charge is 0.493 e. The zero-order valence-electron chi connectivity index (χ0n) is 19.1. The van der Waals surface area contributed by atoms with Crippen LogP contribution < -0.4 is 11.1 Å². The summed E-state index contributed by atoms with van der Waals surface area (Å²) >= 11 is 1.10. The van der Waals surface area contributed by atoms with Gasteiger partial charge in [-0.25, -0.2) is 0 Å². The molecule has 1 aromatic carbocycles. The van der Waals surface area contributed by atoms with E-state index < -0.39 is 5.56 Å². The molecule has 180 valence electrons. The first kappa shape index (κ1) is 23.2. The van der Waals surface area contributed by atoms with Crippen molar-refractivity contribution in [2.75, 3.05) is 18.8 Å². The Morgan fingerprint density at radius 1 is 1.11 bits per heavy atom. The van der Waals surface area contributed by atoms with Crippen LogP contribution in [0.5, 0.6) is 5.88 Å². The Bertz CT molecular complexity index is 1380. The van der Waals surface area contributed by atoms with Crippen molar-refractivity contribution in [1.29, 1.82) is 0 Å². The molecule has 0 radical (unpaired) electrons. The van der Waals surface area contributed by atoms with Gasteiger partial charge >= 0.3 is 0 Å². The van der Waals surface area contributed by atoms with Crippen LogP contribution in [-0.2, 0) is 17.8 Å². The molecule has 2 aromatic heterocycles. The van der Waals surface area contributed by atoms with E-state index in [1.165, 1.54) is 0 Å². The van der Waals surface area contributed by atoms with Crippen molar-refractivity contribution in [2.24, 2.45) is 5.92 Å². The number of aromatic nitrogens is 3. The fraction of sp³-hybridized carbons (Fsp3) is 0.308. The van der Waals surface area contributed by atoms with E-state index in [1.807, 2.05) is 51.9 Å². The highest BCUT2D eigenvalue weighted by Crippen LogP contribution is 2.35. The lowest BCUT2D eigenvalue weighted by molar-refractivity contribution is -0.131. The van der Waals surface area contributed by atoms with E-state index in [4.69, 9.17) is 0 Å². The van der Waals surface area contributed by atoms with Crippen LogP contribution in [-0.4, -0.2) is 49.3 Å². The summed E-state index contributed by atoms with van der Waals surface area (Å²) in [5.74, 6) is 0.136. The maximum absolute atomic E-state index is 12.9. The van der Waals surface area contributed by atoms with Crippen molar-refractivity contribution >= 4 is 23.7 Å². The van der Waals surface area contributed by atoms with Gasteiger partial charge in [-0.15, -0.1) is 0 Å². The molecule has 3 aromatic rings. The number of amides is 1. The Morgan fingerprint density at radius 2 is 1.94 bits per heavy atom. The van der Waals surface area contributed by atoms with E-state index in [1.54, 1.807) is 18.2 Å². The minimum atomic E-state index is -0.417. The summed E-state index contributed by atoms with van der Waals surface area (Å²) in [4.78, 5) is 46.2.